The maximum absolute atomic E-state index is 10.2. The van der Waals surface area contributed by atoms with Crippen molar-refractivity contribution >= 4 is 19.8 Å². The van der Waals surface area contributed by atoms with Crippen LogP contribution in [0.4, 0.5) is 4.79 Å². The molecule has 1 atom stereocenters. The van der Waals surface area contributed by atoms with E-state index in [9.17, 15) is 9.36 Å². The van der Waals surface area contributed by atoms with Gasteiger partial charge in [-0.3, -0.25) is 0 Å². The lowest BCUT2D eigenvalue weighted by Gasteiger charge is -1.91. The summed E-state index contributed by atoms with van der Waals surface area (Å²) in [5, 5.41) is 3.41. The lowest BCUT2D eigenvalue weighted by Crippen LogP contribution is -2.25. The molecule has 0 spiro atoms. The Morgan fingerprint density at radius 3 is 2.73 bits per heavy atom. The first-order chi connectivity index (χ1) is 5.02. The van der Waals surface area contributed by atoms with Gasteiger partial charge in [-0.25, -0.2) is 10.2 Å². The van der Waals surface area contributed by atoms with Crippen molar-refractivity contribution in [1.29, 1.82) is 0 Å². The van der Waals surface area contributed by atoms with E-state index in [0.29, 0.717) is 5.71 Å². The number of nitrogens with two attached hydrogens (primary N) is 1. The summed E-state index contributed by atoms with van der Waals surface area (Å²) in [5.41, 5.74) is 6.97. The number of hydrogen-bond donors (Lipinski definition) is 3. The Morgan fingerprint density at radius 1 is 1.82 bits per heavy atom. The van der Waals surface area contributed by atoms with Gasteiger partial charge >= 0.3 is 14.1 Å². The number of hydrazone groups is 1. The van der Waals surface area contributed by atoms with Crippen LogP contribution in [0.15, 0.2) is 5.10 Å². The molecule has 2 amide bonds. The highest BCUT2D eigenvalue weighted by atomic mass is 31.1. The monoisotopic (exact) mass is 178 g/mol. The number of rotatable bonds is 3. The van der Waals surface area contributed by atoms with Gasteiger partial charge in [-0.05, 0) is 11.5 Å². The molecule has 62 valence electrons. The van der Waals surface area contributed by atoms with Gasteiger partial charge in [0.25, 0.3) is 0 Å². The third-order valence-electron chi connectivity index (χ3n) is 0.721. The fourth-order valence-corrected chi connectivity index (χ4v) is 0.844. The van der Waals surface area contributed by atoms with Crippen molar-refractivity contribution < 1.29 is 14.3 Å². The molecule has 0 aromatic heterocycles. The number of primary amides is 1. The van der Waals surface area contributed by atoms with Crippen LogP contribution in [0.5, 0.6) is 0 Å². The molecular weight excluding hydrogens is 169 g/mol. The molecule has 0 radical (unpaired) electrons. The van der Waals surface area contributed by atoms with Gasteiger partial charge < -0.3 is 5.73 Å². The Kier molecular flexibility index (Phi) is 4.33. The minimum Gasteiger partial charge on any atom is -0.350 e. The van der Waals surface area contributed by atoms with Crippen molar-refractivity contribution in [2.45, 2.75) is 6.92 Å². The van der Waals surface area contributed by atoms with Crippen LogP contribution in [-0.4, -0.2) is 22.8 Å². The highest BCUT2D eigenvalue weighted by Crippen LogP contribution is 2.11. The molecule has 0 saturated carbocycles. The zero-order valence-corrected chi connectivity index (χ0v) is 6.84. The van der Waals surface area contributed by atoms with Gasteiger partial charge in [0.1, 0.15) is 0 Å². The summed E-state index contributed by atoms with van der Waals surface area (Å²) in [6.07, 6.45) is -0.0599. The highest BCUT2D eigenvalue weighted by Gasteiger charge is 2.11. The first-order valence-corrected chi connectivity index (χ1v) is 4.14. The van der Waals surface area contributed by atoms with E-state index in [1.165, 1.54) is 6.92 Å². The third-order valence-corrected chi connectivity index (χ3v) is 1.45. The van der Waals surface area contributed by atoms with Crippen molar-refractivity contribution in [1.82, 2.24) is 5.43 Å². The lowest BCUT2D eigenvalue weighted by atomic mass is 10.5. The number of nitrogens with zero attached hydrogens (tertiary/aromatic N) is 1. The van der Waals surface area contributed by atoms with Gasteiger partial charge in [0.05, 0.1) is 5.71 Å². The minimum absolute atomic E-state index is 0.0599. The number of carbonyl (C=O) groups excluding carboxylic acids is 1. The SMILES string of the molecule is CC(C[P+](=O)O)=NNC(N)=O. The summed E-state index contributed by atoms with van der Waals surface area (Å²) in [4.78, 5) is 18.4. The highest BCUT2D eigenvalue weighted by molar-refractivity contribution is 7.39. The van der Waals surface area contributed by atoms with E-state index in [1.807, 2.05) is 5.43 Å². The van der Waals surface area contributed by atoms with E-state index < -0.39 is 14.1 Å². The van der Waals surface area contributed by atoms with E-state index in [-0.39, 0.29) is 6.16 Å². The van der Waals surface area contributed by atoms with Gasteiger partial charge in [-0.15, -0.1) is 0 Å². The molecule has 0 aromatic carbocycles. The van der Waals surface area contributed by atoms with E-state index in [2.05, 4.69) is 10.8 Å². The summed E-state index contributed by atoms with van der Waals surface area (Å²) in [6, 6.07) is -0.794. The molecule has 0 fully saturated rings. The maximum atomic E-state index is 10.2. The summed E-state index contributed by atoms with van der Waals surface area (Å²) in [7, 11) is -2.24. The van der Waals surface area contributed by atoms with Crippen LogP contribution in [-0.2, 0) is 4.57 Å². The molecule has 0 aliphatic heterocycles. The second-order valence-electron chi connectivity index (χ2n) is 1.83. The summed E-state index contributed by atoms with van der Waals surface area (Å²) in [5.74, 6) is 0. The molecule has 0 bridgehead atoms. The molecule has 0 saturated heterocycles. The lowest BCUT2D eigenvalue weighted by molar-refractivity contribution is 0.249. The fourth-order valence-electron chi connectivity index (χ4n) is 0.382. The van der Waals surface area contributed by atoms with E-state index >= 15 is 0 Å². The third kappa shape index (κ3) is 6.89. The van der Waals surface area contributed by atoms with Crippen LogP contribution < -0.4 is 11.2 Å². The van der Waals surface area contributed by atoms with Crippen molar-refractivity contribution in [3.05, 3.63) is 0 Å². The zero-order valence-electron chi connectivity index (χ0n) is 5.94. The zero-order chi connectivity index (χ0) is 8.85. The average molecular weight is 178 g/mol. The predicted molar refractivity (Wildman–Crippen MR) is 40.5 cm³/mol. The molecule has 0 aliphatic carbocycles. The van der Waals surface area contributed by atoms with Crippen LogP contribution in [0.3, 0.4) is 0 Å². The van der Waals surface area contributed by atoms with Gasteiger partial charge in [-0.1, -0.05) is 0 Å². The Balaban J connectivity index is 3.81. The molecule has 6 nitrogen and oxygen atoms in total. The molecule has 7 heteroatoms. The first-order valence-electron chi connectivity index (χ1n) is 2.74. The van der Waals surface area contributed by atoms with Gasteiger partial charge in [0, 0.05) is 0 Å². The van der Waals surface area contributed by atoms with Crippen molar-refractivity contribution in [2.75, 3.05) is 6.16 Å². The normalized spacial score (nSPS) is 12.5. The topological polar surface area (TPSA) is 105 Å². The van der Waals surface area contributed by atoms with Gasteiger partial charge in [0.15, 0.2) is 0 Å². The van der Waals surface area contributed by atoms with Crippen LogP contribution in [0.25, 0.3) is 0 Å². The van der Waals surface area contributed by atoms with E-state index in [0.717, 1.165) is 0 Å². The van der Waals surface area contributed by atoms with E-state index in [4.69, 9.17) is 4.89 Å². The first kappa shape index (κ1) is 10.0. The van der Waals surface area contributed by atoms with Crippen molar-refractivity contribution in [2.24, 2.45) is 10.8 Å². The van der Waals surface area contributed by atoms with Crippen LogP contribution in [0.2, 0.25) is 0 Å². The predicted octanol–water partition coefficient (Wildman–Crippen LogP) is -0.235. The van der Waals surface area contributed by atoms with Crippen LogP contribution >= 0.6 is 8.03 Å². The fraction of sp³-hybridized carbons (Fsp3) is 0.500. The maximum Gasteiger partial charge on any atom is 0.511 e. The molecule has 0 rings (SSSR count). The standard InChI is InChI=1S/C4H8N3O3P/c1-3(2-11(9)10)6-7-4(5)8/h2H2,1H3,(H3-,5,7,8,9,10)/p+1. The summed E-state index contributed by atoms with van der Waals surface area (Å²) >= 11 is 0. The Morgan fingerprint density at radius 2 is 2.36 bits per heavy atom. The Labute approximate surface area is 64.3 Å². The van der Waals surface area contributed by atoms with Gasteiger partial charge in [-0.2, -0.15) is 9.99 Å². The second kappa shape index (κ2) is 4.76. The number of amides is 2. The van der Waals surface area contributed by atoms with Crippen LogP contribution in [0, 0.1) is 0 Å². The number of nitrogens with one attached hydrogen (secondary N) is 1. The molecule has 1 unspecified atom stereocenters. The molecule has 0 heterocycles. The molecule has 0 aliphatic rings. The molecule has 4 N–H and O–H groups in total. The average Bonchev–Trinajstić information content (AvgIpc) is 1.82. The smallest absolute Gasteiger partial charge is 0.350 e. The van der Waals surface area contributed by atoms with Crippen molar-refractivity contribution in [3.63, 3.8) is 0 Å². The Bertz CT molecular complexity index is 203. The molecule has 0 aromatic rings. The molecule has 11 heavy (non-hydrogen) atoms. The number of urea groups is 1. The minimum atomic E-state index is -2.24. The quantitative estimate of drug-likeness (QED) is 0.315. The van der Waals surface area contributed by atoms with E-state index in [1.54, 1.807) is 0 Å². The number of hydrogen-bond acceptors (Lipinski definition) is 3. The second-order valence-corrected chi connectivity index (χ2v) is 2.85. The summed E-state index contributed by atoms with van der Waals surface area (Å²) < 4.78 is 10.2. The summed E-state index contributed by atoms with van der Waals surface area (Å²) in [6.45, 7) is 1.51. The number of carbonyl (C=O) groups is 1. The van der Waals surface area contributed by atoms with Crippen LogP contribution in [0.1, 0.15) is 6.92 Å². The van der Waals surface area contributed by atoms with Gasteiger partial charge in [0.2, 0.25) is 6.16 Å². The Hall–Kier alpha value is -1.00. The molecular formula is C4H9N3O3P+. The van der Waals surface area contributed by atoms with Crippen molar-refractivity contribution in [3.8, 4) is 0 Å². The largest absolute Gasteiger partial charge is 0.511 e.